The highest BCUT2D eigenvalue weighted by atomic mass is 19.4. The lowest BCUT2D eigenvalue weighted by atomic mass is 10.0. The monoisotopic (exact) mass is 289 g/mol. The van der Waals surface area contributed by atoms with Crippen molar-refractivity contribution in [2.45, 2.75) is 18.7 Å². The van der Waals surface area contributed by atoms with Crippen LogP contribution in [0, 0.1) is 0 Å². The number of hydrogen-bond donors (Lipinski definition) is 1. The van der Waals surface area contributed by atoms with Gasteiger partial charge in [0.2, 0.25) is 0 Å². The van der Waals surface area contributed by atoms with Crippen LogP contribution in [0.5, 0.6) is 0 Å². The number of ether oxygens (including phenoxy) is 1. The number of morpholine rings is 1. The molecule has 1 N–H and O–H groups in total. The molecular weight excluding hydrogens is 271 g/mol. The molecule has 0 spiro atoms. The quantitative estimate of drug-likeness (QED) is 0.924. The maximum absolute atomic E-state index is 13.0. The Morgan fingerprint density at radius 3 is 2.75 bits per heavy atom. The summed E-state index contributed by atoms with van der Waals surface area (Å²) in [6, 6.07) is 5.55. The lowest BCUT2D eigenvalue weighted by molar-refractivity contribution is -0.140. The summed E-state index contributed by atoms with van der Waals surface area (Å²) >= 11 is 0. The van der Waals surface area contributed by atoms with Crippen molar-refractivity contribution in [3.63, 3.8) is 0 Å². The van der Waals surface area contributed by atoms with Gasteiger partial charge in [0.05, 0.1) is 18.3 Å². The third kappa shape index (κ3) is 3.71. The second-order valence-corrected chi connectivity index (χ2v) is 4.82. The second-order valence-electron chi connectivity index (χ2n) is 4.82. The molecule has 1 atom stereocenters. The Labute approximate surface area is 116 Å². The molecule has 0 amide bonds. The molecule has 1 saturated heterocycles. The van der Waals surface area contributed by atoms with Gasteiger partial charge in [-0.15, -0.1) is 0 Å². The first-order valence-corrected chi connectivity index (χ1v) is 6.63. The molecular formula is C14H18F3NO2. The molecule has 1 aromatic carbocycles. The molecule has 0 saturated carbocycles. The van der Waals surface area contributed by atoms with Crippen LogP contribution >= 0.6 is 0 Å². The number of rotatable bonds is 4. The van der Waals surface area contributed by atoms with Crippen molar-refractivity contribution in [3.05, 3.63) is 35.4 Å². The highest BCUT2D eigenvalue weighted by Crippen LogP contribution is 2.36. The summed E-state index contributed by atoms with van der Waals surface area (Å²) in [4.78, 5) is 2.03. The van der Waals surface area contributed by atoms with Crippen molar-refractivity contribution in [1.82, 2.24) is 4.90 Å². The minimum Gasteiger partial charge on any atom is -0.396 e. The van der Waals surface area contributed by atoms with Gasteiger partial charge in [-0.05, 0) is 18.1 Å². The number of aliphatic hydroxyl groups excluding tert-OH is 1. The maximum Gasteiger partial charge on any atom is 0.416 e. The van der Waals surface area contributed by atoms with Crippen LogP contribution in [0.4, 0.5) is 13.2 Å². The molecule has 1 unspecified atom stereocenters. The lowest BCUT2D eigenvalue weighted by Crippen LogP contribution is -2.39. The van der Waals surface area contributed by atoms with E-state index in [0.717, 1.165) is 6.07 Å². The number of benzene rings is 1. The zero-order chi connectivity index (χ0) is 14.6. The molecule has 1 aromatic rings. The molecule has 1 aliphatic heterocycles. The van der Waals surface area contributed by atoms with Crippen molar-refractivity contribution in [2.75, 3.05) is 32.8 Å². The van der Waals surface area contributed by atoms with Crippen molar-refractivity contribution in [2.24, 2.45) is 0 Å². The number of aliphatic hydroxyl groups is 1. The van der Waals surface area contributed by atoms with Crippen LogP contribution in [0.15, 0.2) is 24.3 Å². The fraction of sp³-hybridized carbons (Fsp3) is 0.571. The van der Waals surface area contributed by atoms with E-state index in [-0.39, 0.29) is 12.2 Å². The lowest BCUT2D eigenvalue weighted by Gasteiger charge is -2.34. The van der Waals surface area contributed by atoms with Crippen molar-refractivity contribution in [1.29, 1.82) is 0 Å². The van der Waals surface area contributed by atoms with Crippen LogP contribution in [0.3, 0.4) is 0 Å². The van der Waals surface area contributed by atoms with Gasteiger partial charge in [-0.3, -0.25) is 4.90 Å². The summed E-state index contributed by atoms with van der Waals surface area (Å²) in [5, 5.41) is 8.82. The highest BCUT2D eigenvalue weighted by Gasteiger charge is 2.36. The largest absolute Gasteiger partial charge is 0.416 e. The zero-order valence-electron chi connectivity index (χ0n) is 11.1. The van der Waals surface area contributed by atoms with E-state index < -0.39 is 17.8 Å². The third-order valence-electron chi connectivity index (χ3n) is 3.40. The molecule has 0 radical (unpaired) electrons. The Morgan fingerprint density at radius 1 is 1.30 bits per heavy atom. The number of hydrogen-bond acceptors (Lipinski definition) is 3. The van der Waals surface area contributed by atoms with E-state index in [1.54, 1.807) is 6.07 Å². The first-order chi connectivity index (χ1) is 9.52. The molecule has 0 aromatic heterocycles. The van der Waals surface area contributed by atoms with E-state index in [1.165, 1.54) is 12.1 Å². The topological polar surface area (TPSA) is 32.7 Å². The van der Waals surface area contributed by atoms with E-state index in [2.05, 4.69) is 0 Å². The summed E-state index contributed by atoms with van der Waals surface area (Å²) in [5.41, 5.74) is -0.442. The smallest absolute Gasteiger partial charge is 0.396 e. The number of alkyl halides is 3. The van der Waals surface area contributed by atoms with Crippen LogP contribution in [-0.4, -0.2) is 42.9 Å². The molecule has 1 fully saturated rings. The van der Waals surface area contributed by atoms with Gasteiger partial charge < -0.3 is 9.84 Å². The fourth-order valence-electron chi connectivity index (χ4n) is 2.42. The van der Waals surface area contributed by atoms with E-state index in [0.29, 0.717) is 32.7 Å². The SMILES string of the molecule is OCCCN1CCOC(c2ccccc2C(F)(F)F)C1. The molecule has 2 rings (SSSR count). The minimum atomic E-state index is -4.37. The Balaban J connectivity index is 2.15. The molecule has 0 aliphatic carbocycles. The maximum atomic E-state index is 13.0. The minimum absolute atomic E-state index is 0.0845. The Kier molecular flexibility index (Phi) is 5.01. The van der Waals surface area contributed by atoms with Gasteiger partial charge in [-0.25, -0.2) is 0 Å². The first kappa shape index (κ1) is 15.3. The van der Waals surface area contributed by atoms with Crippen LogP contribution in [0.1, 0.15) is 23.7 Å². The number of halogens is 3. The summed E-state index contributed by atoms with van der Waals surface area (Å²) in [5.74, 6) is 0. The van der Waals surface area contributed by atoms with Crippen LogP contribution in [0.25, 0.3) is 0 Å². The fourth-order valence-corrected chi connectivity index (χ4v) is 2.42. The molecule has 112 valence electrons. The average Bonchev–Trinajstić information content (AvgIpc) is 2.44. The highest BCUT2D eigenvalue weighted by molar-refractivity contribution is 5.32. The van der Waals surface area contributed by atoms with Crippen molar-refractivity contribution in [3.8, 4) is 0 Å². The normalized spacial score (nSPS) is 21.1. The van der Waals surface area contributed by atoms with E-state index in [9.17, 15) is 13.2 Å². The van der Waals surface area contributed by atoms with Gasteiger partial charge in [0.1, 0.15) is 0 Å². The predicted octanol–water partition coefficient (Wildman–Crippen LogP) is 2.46. The standard InChI is InChI=1S/C14H18F3NO2/c15-14(16,17)12-5-2-1-4-11(12)13-10-18(6-3-8-19)7-9-20-13/h1-2,4-5,13,19H,3,6-10H2. The van der Waals surface area contributed by atoms with E-state index in [4.69, 9.17) is 9.84 Å². The first-order valence-electron chi connectivity index (χ1n) is 6.63. The van der Waals surface area contributed by atoms with Crippen LogP contribution in [0.2, 0.25) is 0 Å². The third-order valence-corrected chi connectivity index (χ3v) is 3.40. The zero-order valence-corrected chi connectivity index (χ0v) is 11.1. The van der Waals surface area contributed by atoms with Gasteiger partial charge >= 0.3 is 6.18 Å². The van der Waals surface area contributed by atoms with Crippen molar-refractivity contribution >= 4 is 0 Å². The Morgan fingerprint density at radius 2 is 2.05 bits per heavy atom. The van der Waals surface area contributed by atoms with Gasteiger partial charge in [0.25, 0.3) is 0 Å². The summed E-state index contributed by atoms with van der Waals surface area (Å²) < 4.78 is 44.5. The van der Waals surface area contributed by atoms with Crippen molar-refractivity contribution < 1.29 is 23.0 Å². The number of nitrogens with zero attached hydrogens (tertiary/aromatic N) is 1. The summed E-state index contributed by atoms with van der Waals surface area (Å²) in [6.07, 6.45) is -4.32. The van der Waals surface area contributed by atoms with Gasteiger partial charge in [0.15, 0.2) is 0 Å². The van der Waals surface area contributed by atoms with Gasteiger partial charge in [0, 0.05) is 26.2 Å². The molecule has 6 heteroatoms. The molecule has 20 heavy (non-hydrogen) atoms. The van der Waals surface area contributed by atoms with Gasteiger partial charge in [-0.2, -0.15) is 13.2 Å². The Hall–Kier alpha value is -1.11. The van der Waals surface area contributed by atoms with Gasteiger partial charge in [-0.1, -0.05) is 18.2 Å². The van der Waals surface area contributed by atoms with E-state index >= 15 is 0 Å². The second kappa shape index (κ2) is 6.56. The predicted molar refractivity (Wildman–Crippen MR) is 68.3 cm³/mol. The molecule has 1 aliphatic rings. The molecule has 0 bridgehead atoms. The summed E-state index contributed by atoms with van der Waals surface area (Å²) in [6.45, 7) is 2.27. The molecule has 3 nitrogen and oxygen atoms in total. The average molecular weight is 289 g/mol. The van der Waals surface area contributed by atoms with Crippen LogP contribution in [-0.2, 0) is 10.9 Å². The Bertz CT molecular complexity index is 437. The molecule has 1 heterocycles. The summed E-state index contributed by atoms with van der Waals surface area (Å²) in [7, 11) is 0. The van der Waals surface area contributed by atoms with Crippen LogP contribution < -0.4 is 0 Å². The van der Waals surface area contributed by atoms with E-state index in [1.807, 2.05) is 4.90 Å².